The lowest BCUT2D eigenvalue weighted by molar-refractivity contribution is -0.116. The topological polar surface area (TPSA) is 41.1 Å². The lowest BCUT2D eigenvalue weighted by Gasteiger charge is -2.15. The van der Waals surface area contributed by atoms with Crippen LogP contribution in [0.2, 0.25) is 0 Å². The monoisotopic (exact) mass is 350 g/mol. The van der Waals surface area contributed by atoms with Gasteiger partial charge in [-0.1, -0.05) is 50.2 Å². The molecule has 0 saturated heterocycles. The van der Waals surface area contributed by atoms with Gasteiger partial charge in [-0.3, -0.25) is 4.79 Å². The molecule has 0 fully saturated rings. The highest BCUT2D eigenvalue weighted by Gasteiger charge is 2.15. The largest absolute Gasteiger partial charge is 0.326 e. The fourth-order valence-electron chi connectivity index (χ4n) is 2.52. The van der Waals surface area contributed by atoms with Crippen molar-refractivity contribution < 1.29 is 9.18 Å². The smallest absolute Gasteiger partial charge is 0.224 e. The number of hydrogen-bond acceptors (Lipinski definition) is 2. The molecule has 0 aromatic heterocycles. The van der Waals surface area contributed by atoms with Gasteiger partial charge in [0.25, 0.3) is 0 Å². The number of benzene rings is 2. The molecule has 0 heterocycles. The van der Waals surface area contributed by atoms with Crippen molar-refractivity contribution in [3.8, 4) is 0 Å². The highest BCUT2D eigenvalue weighted by atomic mass is 35.5. The predicted molar refractivity (Wildman–Crippen MR) is 99.1 cm³/mol. The van der Waals surface area contributed by atoms with Crippen molar-refractivity contribution >= 4 is 24.0 Å². The Labute approximate surface area is 149 Å². The Balaban J connectivity index is 0.00000288. The van der Waals surface area contributed by atoms with Gasteiger partial charge in [-0.2, -0.15) is 0 Å². The van der Waals surface area contributed by atoms with Gasteiger partial charge in [0, 0.05) is 18.7 Å². The summed E-state index contributed by atoms with van der Waals surface area (Å²) >= 11 is 0. The van der Waals surface area contributed by atoms with E-state index in [0.717, 1.165) is 17.8 Å². The minimum absolute atomic E-state index is 0. The second-order valence-electron chi connectivity index (χ2n) is 5.61. The highest BCUT2D eigenvalue weighted by Crippen LogP contribution is 2.23. The van der Waals surface area contributed by atoms with E-state index < -0.39 is 0 Å². The lowest BCUT2D eigenvalue weighted by atomic mass is 9.97. The molecular formula is C19H24ClFN2O. The van der Waals surface area contributed by atoms with E-state index in [4.69, 9.17) is 0 Å². The van der Waals surface area contributed by atoms with E-state index >= 15 is 0 Å². The van der Waals surface area contributed by atoms with Gasteiger partial charge in [0.1, 0.15) is 5.82 Å². The molecule has 0 bridgehead atoms. The zero-order chi connectivity index (χ0) is 16.7. The average Bonchev–Trinajstić information content (AvgIpc) is 2.54. The van der Waals surface area contributed by atoms with Crippen LogP contribution in [0, 0.1) is 5.82 Å². The molecule has 1 atom stereocenters. The first-order chi connectivity index (χ1) is 11.1. The molecule has 0 aliphatic rings. The van der Waals surface area contributed by atoms with Crippen LogP contribution in [0.1, 0.15) is 37.3 Å². The van der Waals surface area contributed by atoms with Crippen LogP contribution in [-0.2, 0) is 11.3 Å². The first kappa shape index (κ1) is 20.1. The maximum atomic E-state index is 13.8. The summed E-state index contributed by atoms with van der Waals surface area (Å²) in [7, 11) is 0. The van der Waals surface area contributed by atoms with Crippen molar-refractivity contribution in [2.45, 2.75) is 32.7 Å². The Morgan fingerprint density at radius 1 is 1.12 bits per heavy atom. The van der Waals surface area contributed by atoms with E-state index in [1.165, 1.54) is 6.07 Å². The van der Waals surface area contributed by atoms with E-state index in [1.54, 1.807) is 18.2 Å². The fraction of sp³-hybridized carbons (Fsp3) is 0.316. The number of carbonyl (C=O) groups excluding carboxylic acids is 1. The van der Waals surface area contributed by atoms with Crippen molar-refractivity contribution in [3.05, 3.63) is 65.5 Å². The van der Waals surface area contributed by atoms with Gasteiger partial charge in [0.15, 0.2) is 0 Å². The van der Waals surface area contributed by atoms with Crippen molar-refractivity contribution in [3.63, 3.8) is 0 Å². The number of hydrogen-bond donors (Lipinski definition) is 2. The van der Waals surface area contributed by atoms with Crippen molar-refractivity contribution in [2.75, 3.05) is 11.9 Å². The van der Waals surface area contributed by atoms with E-state index in [2.05, 4.69) is 10.6 Å². The number of amides is 1. The average molecular weight is 351 g/mol. The van der Waals surface area contributed by atoms with E-state index in [-0.39, 0.29) is 36.5 Å². The third-order valence-corrected chi connectivity index (χ3v) is 3.78. The molecule has 0 aliphatic carbocycles. The maximum Gasteiger partial charge on any atom is 0.224 e. The number of rotatable bonds is 7. The summed E-state index contributed by atoms with van der Waals surface area (Å²) < 4.78 is 13.8. The fourth-order valence-corrected chi connectivity index (χ4v) is 2.52. The summed E-state index contributed by atoms with van der Waals surface area (Å²) in [6.07, 6.45) is 0.247. The zero-order valence-electron chi connectivity index (χ0n) is 14.0. The second-order valence-corrected chi connectivity index (χ2v) is 5.61. The van der Waals surface area contributed by atoms with Gasteiger partial charge in [-0.15, -0.1) is 12.4 Å². The SMILES string of the molecule is CCNCc1ccccc1NC(=O)CC(C)c1ccccc1F.Cl. The van der Waals surface area contributed by atoms with Gasteiger partial charge in [0.2, 0.25) is 5.91 Å². The summed E-state index contributed by atoms with van der Waals surface area (Å²) in [4.78, 5) is 12.3. The number of carbonyl (C=O) groups is 1. The van der Waals surface area contributed by atoms with Gasteiger partial charge >= 0.3 is 0 Å². The van der Waals surface area contributed by atoms with Crippen molar-refractivity contribution in [1.29, 1.82) is 0 Å². The molecule has 2 rings (SSSR count). The van der Waals surface area contributed by atoms with Crippen LogP contribution in [-0.4, -0.2) is 12.5 Å². The molecule has 1 unspecified atom stereocenters. The molecule has 0 aliphatic heterocycles. The number of halogens is 2. The Morgan fingerprint density at radius 2 is 1.79 bits per heavy atom. The van der Waals surface area contributed by atoms with Crippen LogP contribution < -0.4 is 10.6 Å². The summed E-state index contributed by atoms with van der Waals surface area (Å²) in [6, 6.07) is 14.3. The third-order valence-electron chi connectivity index (χ3n) is 3.78. The van der Waals surface area contributed by atoms with E-state index in [1.807, 2.05) is 38.1 Å². The molecule has 130 valence electrons. The Morgan fingerprint density at radius 3 is 2.50 bits per heavy atom. The van der Waals surface area contributed by atoms with Crippen molar-refractivity contribution in [2.24, 2.45) is 0 Å². The van der Waals surface area contributed by atoms with Gasteiger partial charge in [0.05, 0.1) is 0 Å². The molecule has 5 heteroatoms. The molecular weight excluding hydrogens is 327 g/mol. The minimum Gasteiger partial charge on any atom is -0.326 e. The van der Waals surface area contributed by atoms with Crippen molar-refractivity contribution in [1.82, 2.24) is 5.32 Å². The van der Waals surface area contributed by atoms with Crippen LogP contribution in [0.15, 0.2) is 48.5 Å². The standard InChI is InChI=1S/C19H23FN2O.ClH/c1-3-21-13-15-8-4-7-11-18(15)22-19(23)12-14(2)16-9-5-6-10-17(16)20;/h4-11,14,21H,3,12-13H2,1-2H3,(H,22,23);1H. The van der Waals surface area contributed by atoms with Crippen LogP contribution >= 0.6 is 12.4 Å². The molecule has 2 aromatic rings. The predicted octanol–water partition coefficient (Wildman–Crippen LogP) is 4.49. The molecule has 1 amide bonds. The third kappa shape index (κ3) is 5.62. The molecule has 0 spiro atoms. The Hall–Kier alpha value is -1.91. The molecule has 2 N–H and O–H groups in total. The number of para-hydroxylation sites is 1. The first-order valence-corrected chi connectivity index (χ1v) is 7.94. The first-order valence-electron chi connectivity index (χ1n) is 7.94. The molecule has 24 heavy (non-hydrogen) atoms. The minimum atomic E-state index is -0.264. The second kappa shape index (κ2) is 10.1. The summed E-state index contributed by atoms with van der Waals surface area (Å²) in [5, 5.41) is 6.19. The normalized spacial score (nSPS) is 11.5. The Bertz CT molecular complexity index is 663. The molecule has 2 aromatic carbocycles. The van der Waals surface area contributed by atoms with Gasteiger partial charge < -0.3 is 10.6 Å². The number of nitrogens with one attached hydrogen (secondary N) is 2. The van der Waals surface area contributed by atoms with Gasteiger partial charge in [-0.25, -0.2) is 4.39 Å². The molecule has 3 nitrogen and oxygen atoms in total. The quantitative estimate of drug-likeness (QED) is 0.772. The van der Waals surface area contributed by atoms with Crippen LogP contribution in [0.4, 0.5) is 10.1 Å². The summed E-state index contributed by atoms with van der Waals surface area (Å²) in [6.45, 7) is 5.47. The van der Waals surface area contributed by atoms with Crippen LogP contribution in [0.5, 0.6) is 0 Å². The molecule has 0 saturated carbocycles. The Kier molecular flexibility index (Phi) is 8.44. The van der Waals surface area contributed by atoms with Crippen LogP contribution in [0.3, 0.4) is 0 Å². The lowest BCUT2D eigenvalue weighted by Crippen LogP contribution is -2.18. The molecule has 0 radical (unpaired) electrons. The highest BCUT2D eigenvalue weighted by molar-refractivity contribution is 5.92. The summed E-state index contributed by atoms with van der Waals surface area (Å²) in [5.41, 5.74) is 2.42. The number of anilines is 1. The van der Waals surface area contributed by atoms with E-state index in [9.17, 15) is 9.18 Å². The van der Waals surface area contributed by atoms with Gasteiger partial charge in [-0.05, 0) is 35.7 Å². The summed E-state index contributed by atoms with van der Waals surface area (Å²) in [5.74, 6) is -0.540. The zero-order valence-corrected chi connectivity index (χ0v) is 14.8. The van der Waals surface area contributed by atoms with E-state index in [0.29, 0.717) is 12.1 Å². The maximum absolute atomic E-state index is 13.8. The van der Waals surface area contributed by atoms with Crippen LogP contribution in [0.25, 0.3) is 0 Å².